The molecule has 0 spiro atoms. The van der Waals surface area contributed by atoms with Gasteiger partial charge in [0.2, 0.25) is 5.91 Å². The Morgan fingerprint density at radius 1 is 1.18 bits per heavy atom. The van der Waals surface area contributed by atoms with Crippen molar-refractivity contribution in [2.24, 2.45) is 0 Å². The molecule has 4 rings (SSSR count). The maximum atomic E-state index is 12.8. The Balaban J connectivity index is 1.43. The van der Waals surface area contributed by atoms with Crippen LogP contribution in [0.15, 0.2) is 67.0 Å². The summed E-state index contributed by atoms with van der Waals surface area (Å²) in [5, 5.41) is 7.21. The van der Waals surface area contributed by atoms with Crippen LogP contribution in [-0.4, -0.2) is 32.5 Å². The molecule has 1 aromatic heterocycles. The van der Waals surface area contributed by atoms with Crippen LogP contribution < -0.4 is 5.32 Å². The Kier molecular flexibility index (Phi) is 4.93. The maximum absolute atomic E-state index is 12.8. The van der Waals surface area contributed by atoms with Crippen LogP contribution in [0.25, 0.3) is 5.69 Å². The van der Waals surface area contributed by atoms with Crippen LogP contribution in [0.4, 0.5) is 0 Å². The van der Waals surface area contributed by atoms with Gasteiger partial charge in [-0.1, -0.05) is 37.3 Å². The van der Waals surface area contributed by atoms with E-state index >= 15 is 0 Å². The van der Waals surface area contributed by atoms with Crippen LogP contribution in [0.1, 0.15) is 34.8 Å². The second kappa shape index (κ2) is 7.68. The first-order chi connectivity index (χ1) is 13.7. The number of carbonyl (C=O) groups excluding carboxylic acids is 2. The molecule has 1 N–H and O–H groups in total. The lowest BCUT2D eigenvalue weighted by atomic mass is 10.1. The van der Waals surface area contributed by atoms with Gasteiger partial charge in [-0.15, -0.1) is 0 Å². The number of amides is 2. The van der Waals surface area contributed by atoms with E-state index in [0.29, 0.717) is 25.1 Å². The fourth-order valence-corrected chi connectivity index (χ4v) is 3.61. The molecule has 1 aliphatic heterocycles. The van der Waals surface area contributed by atoms with E-state index in [2.05, 4.69) is 10.4 Å². The minimum atomic E-state index is -0.478. The third kappa shape index (κ3) is 3.41. The molecule has 1 aliphatic rings. The lowest BCUT2D eigenvalue weighted by Gasteiger charge is -2.26. The van der Waals surface area contributed by atoms with Gasteiger partial charge < -0.3 is 10.2 Å². The van der Waals surface area contributed by atoms with Gasteiger partial charge in [0.05, 0.1) is 5.69 Å². The van der Waals surface area contributed by atoms with E-state index < -0.39 is 6.04 Å². The Bertz CT molecular complexity index is 997. The molecule has 0 aliphatic carbocycles. The summed E-state index contributed by atoms with van der Waals surface area (Å²) in [4.78, 5) is 27.2. The first-order valence-corrected chi connectivity index (χ1v) is 9.43. The largest absolute Gasteiger partial charge is 0.350 e. The summed E-state index contributed by atoms with van der Waals surface area (Å²) in [6.45, 7) is 2.81. The van der Waals surface area contributed by atoms with Crippen molar-refractivity contribution in [1.29, 1.82) is 0 Å². The molecule has 142 valence electrons. The zero-order valence-electron chi connectivity index (χ0n) is 15.7. The quantitative estimate of drug-likeness (QED) is 0.721. The van der Waals surface area contributed by atoms with E-state index in [-0.39, 0.29) is 11.8 Å². The van der Waals surface area contributed by atoms with E-state index in [1.54, 1.807) is 15.8 Å². The van der Waals surface area contributed by atoms with Crippen LogP contribution in [0, 0.1) is 0 Å². The third-order valence-corrected chi connectivity index (χ3v) is 5.06. The Morgan fingerprint density at radius 3 is 2.79 bits per heavy atom. The zero-order valence-corrected chi connectivity index (χ0v) is 15.7. The Labute approximate surface area is 163 Å². The van der Waals surface area contributed by atoms with Gasteiger partial charge in [0.15, 0.2) is 0 Å². The van der Waals surface area contributed by atoms with Crippen molar-refractivity contribution < 1.29 is 9.59 Å². The number of hydrogen-bond acceptors (Lipinski definition) is 3. The fourth-order valence-electron chi connectivity index (χ4n) is 3.61. The van der Waals surface area contributed by atoms with Crippen LogP contribution in [0.2, 0.25) is 0 Å². The smallest absolute Gasteiger partial charge is 0.255 e. The topological polar surface area (TPSA) is 67.2 Å². The van der Waals surface area contributed by atoms with Crippen LogP contribution >= 0.6 is 0 Å². The van der Waals surface area contributed by atoms with Crippen LogP contribution in [-0.2, 0) is 17.9 Å². The molecule has 2 amide bonds. The van der Waals surface area contributed by atoms with Crippen LogP contribution in [0.3, 0.4) is 0 Å². The molecule has 6 nitrogen and oxygen atoms in total. The van der Waals surface area contributed by atoms with Gasteiger partial charge in [-0.2, -0.15) is 5.10 Å². The fraction of sp³-hybridized carbons (Fsp3) is 0.227. The molecule has 6 heteroatoms. The van der Waals surface area contributed by atoms with Crippen molar-refractivity contribution in [3.63, 3.8) is 0 Å². The predicted octanol–water partition coefficient (Wildman–Crippen LogP) is 2.92. The second-order valence-corrected chi connectivity index (χ2v) is 6.85. The molecule has 2 aromatic carbocycles. The predicted molar refractivity (Wildman–Crippen MR) is 106 cm³/mol. The van der Waals surface area contributed by atoms with Crippen molar-refractivity contribution in [1.82, 2.24) is 20.0 Å². The first-order valence-electron chi connectivity index (χ1n) is 9.43. The number of hydrogen-bond donors (Lipinski definition) is 1. The summed E-state index contributed by atoms with van der Waals surface area (Å²) >= 11 is 0. The van der Waals surface area contributed by atoms with E-state index in [0.717, 1.165) is 16.8 Å². The number of aromatic nitrogens is 2. The standard InChI is InChI=1S/C22H22N4O2/c1-2-20(25-15-17-8-3-4-10-19(17)22(25)28)21(27)23-14-16-7-5-9-18(13-16)26-12-6-11-24-26/h3-13,20H,2,14-15H2,1H3,(H,23,27). The van der Waals surface area contributed by atoms with Crippen molar-refractivity contribution in [2.75, 3.05) is 0 Å². The SMILES string of the molecule is CCC(C(=O)NCc1cccc(-n2cccn2)c1)N1Cc2ccccc2C1=O. The van der Waals surface area contributed by atoms with Crippen molar-refractivity contribution >= 4 is 11.8 Å². The second-order valence-electron chi connectivity index (χ2n) is 6.85. The number of fused-ring (bicyclic) bond motifs is 1. The van der Waals surface area contributed by atoms with Crippen molar-refractivity contribution in [3.05, 3.63) is 83.7 Å². The van der Waals surface area contributed by atoms with Gasteiger partial charge in [0, 0.05) is 31.0 Å². The first kappa shape index (κ1) is 18.0. The molecule has 0 radical (unpaired) electrons. The summed E-state index contributed by atoms with van der Waals surface area (Å²) in [6, 6.07) is 16.8. The molecule has 3 aromatic rings. The summed E-state index contributed by atoms with van der Waals surface area (Å²) in [6.07, 6.45) is 4.17. The summed E-state index contributed by atoms with van der Waals surface area (Å²) in [5.41, 5.74) is 3.59. The lowest BCUT2D eigenvalue weighted by molar-refractivity contribution is -0.126. The molecular formula is C22H22N4O2. The van der Waals surface area contributed by atoms with Gasteiger partial charge in [0.25, 0.3) is 5.91 Å². The van der Waals surface area contributed by atoms with Gasteiger partial charge in [-0.25, -0.2) is 4.68 Å². The van der Waals surface area contributed by atoms with Crippen molar-refractivity contribution in [3.8, 4) is 5.69 Å². The van der Waals surface area contributed by atoms with Gasteiger partial charge in [-0.05, 0) is 41.8 Å². The highest BCUT2D eigenvalue weighted by molar-refractivity contribution is 6.01. The highest BCUT2D eigenvalue weighted by Gasteiger charge is 2.34. The average molecular weight is 374 g/mol. The molecule has 0 bridgehead atoms. The third-order valence-electron chi connectivity index (χ3n) is 5.06. The molecule has 1 atom stereocenters. The molecule has 0 saturated carbocycles. The monoisotopic (exact) mass is 374 g/mol. The van der Waals surface area contributed by atoms with E-state index in [1.807, 2.05) is 67.7 Å². The number of carbonyl (C=O) groups is 2. The Morgan fingerprint density at radius 2 is 2.04 bits per heavy atom. The highest BCUT2D eigenvalue weighted by Crippen LogP contribution is 2.25. The van der Waals surface area contributed by atoms with Crippen LogP contribution in [0.5, 0.6) is 0 Å². The summed E-state index contributed by atoms with van der Waals surface area (Å²) in [7, 11) is 0. The number of nitrogens with zero attached hydrogens (tertiary/aromatic N) is 3. The number of benzene rings is 2. The minimum absolute atomic E-state index is 0.0710. The van der Waals surface area contributed by atoms with Gasteiger partial charge in [-0.3, -0.25) is 9.59 Å². The average Bonchev–Trinajstić information content (AvgIpc) is 3.37. The van der Waals surface area contributed by atoms with Gasteiger partial charge >= 0.3 is 0 Å². The number of rotatable bonds is 6. The van der Waals surface area contributed by atoms with E-state index in [9.17, 15) is 9.59 Å². The molecule has 0 saturated heterocycles. The molecule has 28 heavy (non-hydrogen) atoms. The summed E-state index contributed by atoms with van der Waals surface area (Å²) in [5.74, 6) is -0.202. The molecule has 1 unspecified atom stereocenters. The molecule has 0 fully saturated rings. The maximum Gasteiger partial charge on any atom is 0.255 e. The summed E-state index contributed by atoms with van der Waals surface area (Å²) < 4.78 is 1.78. The molecular weight excluding hydrogens is 352 g/mol. The van der Waals surface area contributed by atoms with Gasteiger partial charge in [0.1, 0.15) is 6.04 Å². The zero-order chi connectivity index (χ0) is 19.5. The van der Waals surface area contributed by atoms with Crippen molar-refractivity contribution in [2.45, 2.75) is 32.5 Å². The van der Waals surface area contributed by atoms with E-state index in [4.69, 9.17) is 0 Å². The molecule has 2 heterocycles. The minimum Gasteiger partial charge on any atom is -0.350 e. The normalized spacial score (nSPS) is 14.0. The highest BCUT2D eigenvalue weighted by atomic mass is 16.2. The van der Waals surface area contributed by atoms with E-state index in [1.165, 1.54) is 0 Å². The Hall–Kier alpha value is -3.41. The number of nitrogens with one attached hydrogen (secondary N) is 1. The lowest BCUT2D eigenvalue weighted by Crippen LogP contribution is -2.46.